The van der Waals surface area contributed by atoms with Crippen molar-refractivity contribution >= 4 is 17.7 Å². The van der Waals surface area contributed by atoms with Crippen molar-refractivity contribution in [2.75, 3.05) is 18.0 Å². The van der Waals surface area contributed by atoms with Crippen molar-refractivity contribution in [1.29, 1.82) is 5.26 Å². The van der Waals surface area contributed by atoms with Crippen molar-refractivity contribution in [2.24, 2.45) is 0 Å². The molecular weight excluding hydrogens is 306 g/mol. The third-order valence-electron chi connectivity index (χ3n) is 3.72. The summed E-state index contributed by atoms with van der Waals surface area (Å²) in [5.74, 6) is -0.434. The fraction of sp³-hybridized carbons (Fsp3) is 0.167. The largest absolute Gasteiger partial charge is 0.457 e. The van der Waals surface area contributed by atoms with Crippen LogP contribution in [0.2, 0.25) is 0 Å². The zero-order valence-corrected chi connectivity index (χ0v) is 12.9. The summed E-state index contributed by atoms with van der Waals surface area (Å²) in [6, 6.07) is 15.5. The fourth-order valence-electron chi connectivity index (χ4n) is 2.40. The quantitative estimate of drug-likeness (QED) is 0.877. The standard InChI is InChI=1S/C18H15N3O3/c19-11-13-1-3-14(4-2-13)12-24-17(22)15-5-7-16(8-6-15)21-10-9-20-18(21)23/h1-8H,9-10,12H2,(H,20,23). The Morgan fingerprint density at radius 3 is 2.46 bits per heavy atom. The molecule has 0 bridgehead atoms. The van der Waals surface area contributed by atoms with Gasteiger partial charge in [-0.15, -0.1) is 0 Å². The Morgan fingerprint density at radius 2 is 1.88 bits per heavy atom. The lowest BCUT2D eigenvalue weighted by atomic mass is 10.1. The SMILES string of the molecule is N#Cc1ccc(COC(=O)c2ccc(N3CCNC3=O)cc2)cc1. The number of esters is 1. The lowest BCUT2D eigenvalue weighted by Gasteiger charge is -2.14. The number of carbonyl (C=O) groups is 2. The number of urea groups is 1. The summed E-state index contributed by atoms with van der Waals surface area (Å²) in [7, 11) is 0. The van der Waals surface area contributed by atoms with Gasteiger partial charge in [0.2, 0.25) is 0 Å². The molecule has 2 aromatic carbocycles. The monoisotopic (exact) mass is 321 g/mol. The first-order chi connectivity index (χ1) is 11.7. The molecule has 3 rings (SSSR count). The minimum atomic E-state index is -0.434. The molecule has 1 N–H and O–H groups in total. The topological polar surface area (TPSA) is 82.4 Å². The highest BCUT2D eigenvalue weighted by molar-refractivity contribution is 5.95. The molecule has 1 heterocycles. The van der Waals surface area contributed by atoms with Gasteiger partial charge in [0.05, 0.1) is 17.2 Å². The molecule has 0 spiro atoms. The number of anilines is 1. The normalized spacial score (nSPS) is 13.3. The van der Waals surface area contributed by atoms with Gasteiger partial charge < -0.3 is 10.1 Å². The summed E-state index contributed by atoms with van der Waals surface area (Å²) in [5, 5.41) is 11.5. The van der Waals surface area contributed by atoms with E-state index in [-0.39, 0.29) is 12.6 Å². The third kappa shape index (κ3) is 3.36. The summed E-state index contributed by atoms with van der Waals surface area (Å²) >= 11 is 0. The summed E-state index contributed by atoms with van der Waals surface area (Å²) in [6.07, 6.45) is 0. The lowest BCUT2D eigenvalue weighted by Crippen LogP contribution is -2.27. The van der Waals surface area contributed by atoms with E-state index in [2.05, 4.69) is 5.32 Å². The molecule has 24 heavy (non-hydrogen) atoms. The van der Waals surface area contributed by atoms with Crippen LogP contribution in [0.4, 0.5) is 10.5 Å². The van der Waals surface area contributed by atoms with Gasteiger partial charge in [-0.1, -0.05) is 12.1 Å². The number of nitrogens with zero attached hydrogens (tertiary/aromatic N) is 2. The molecule has 1 aliphatic rings. The van der Waals surface area contributed by atoms with Gasteiger partial charge in [0.1, 0.15) is 6.61 Å². The van der Waals surface area contributed by atoms with Gasteiger partial charge >= 0.3 is 12.0 Å². The number of nitriles is 1. The minimum Gasteiger partial charge on any atom is -0.457 e. The van der Waals surface area contributed by atoms with Crippen molar-refractivity contribution in [3.8, 4) is 6.07 Å². The molecule has 2 aromatic rings. The molecule has 0 saturated carbocycles. The average Bonchev–Trinajstić information content (AvgIpc) is 3.06. The Bertz CT molecular complexity index is 792. The number of hydrogen-bond acceptors (Lipinski definition) is 4. The molecule has 0 aromatic heterocycles. The van der Waals surface area contributed by atoms with Gasteiger partial charge in [-0.05, 0) is 42.0 Å². The molecule has 120 valence electrons. The number of rotatable bonds is 4. The summed E-state index contributed by atoms with van der Waals surface area (Å²) in [6.45, 7) is 1.37. The Morgan fingerprint density at radius 1 is 1.17 bits per heavy atom. The molecule has 0 aliphatic carbocycles. The molecule has 2 amide bonds. The molecule has 0 unspecified atom stereocenters. The Kier molecular flexibility index (Phi) is 4.43. The Labute approximate surface area is 139 Å². The van der Waals surface area contributed by atoms with Crippen molar-refractivity contribution in [2.45, 2.75) is 6.61 Å². The van der Waals surface area contributed by atoms with E-state index in [9.17, 15) is 9.59 Å². The van der Waals surface area contributed by atoms with E-state index in [1.807, 2.05) is 6.07 Å². The van der Waals surface area contributed by atoms with E-state index in [0.717, 1.165) is 11.3 Å². The van der Waals surface area contributed by atoms with Crippen LogP contribution in [0.25, 0.3) is 0 Å². The highest BCUT2D eigenvalue weighted by Gasteiger charge is 2.21. The smallest absolute Gasteiger partial charge is 0.338 e. The molecular formula is C18H15N3O3. The molecule has 0 radical (unpaired) electrons. The number of benzene rings is 2. The predicted molar refractivity (Wildman–Crippen MR) is 87.5 cm³/mol. The van der Waals surface area contributed by atoms with Crippen LogP contribution in [-0.4, -0.2) is 25.1 Å². The second-order valence-corrected chi connectivity index (χ2v) is 5.32. The van der Waals surface area contributed by atoms with Crippen molar-refractivity contribution in [3.05, 3.63) is 65.2 Å². The molecule has 6 heteroatoms. The maximum atomic E-state index is 12.1. The summed E-state index contributed by atoms with van der Waals surface area (Å²) < 4.78 is 5.26. The van der Waals surface area contributed by atoms with Gasteiger partial charge in [-0.3, -0.25) is 4.90 Å². The van der Waals surface area contributed by atoms with Crippen LogP contribution in [0.15, 0.2) is 48.5 Å². The van der Waals surface area contributed by atoms with Crippen molar-refractivity contribution < 1.29 is 14.3 Å². The fourth-order valence-corrected chi connectivity index (χ4v) is 2.40. The van der Waals surface area contributed by atoms with Crippen LogP contribution >= 0.6 is 0 Å². The van der Waals surface area contributed by atoms with Crippen LogP contribution in [0, 0.1) is 11.3 Å². The zero-order chi connectivity index (χ0) is 16.9. The van der Waals surface area contributed by atoms with Crippen LogP contribution in [-0.2, 0) is 11.3 Å². The van der Waals surface area contributed by atoms with E-state index in [1.54, 1.807) is 53.4 Å². The average molecular weight is 321 g/mol. The molecule has 1 saturated heterocycles. The highest BCUT2D eigenvalue weighted by atomic mass is 16.5. The van der Waals surface area contributed by atoms with Gasteiger partial charge in [-0.2, -0.15) is 5.26 Å². The Balaban J connectivity index is 1.60. The highest BCUT2D eigenvalue weighted by Crippen LogP contribution is 2.18. The molecule has 1 fully saturated rings. The van der Waals surface area contributed by atoms with Gasteiger partial charge in [0.15, 0.2) is 0 Å². The van der Waals surface area contributed by atoms with Crippen LogP contribution in [0.1, 0.15) is 21.5 Å². The van der Waals surface area contributed by atoms with E-state index < -0.39 is 5.97 Å². The van der Waals surface area contributed by atoms with Gasteiger partial charge in [-0.25, -0.2) is 9.59 Å². The van der Waals surface area contributed by atoms with E-state index >= 15 is 0 Å². The zero-order valence-electron chi connectivity index (χ0n) is 12.9. The van der Waals surface area contributed by atoms with Crippen LogP contribution in [0.3, 0.4) is 0 Å². The van der Waals surface area contributed by atoms with Crippen LogP contribution < -0.4 is 10.2 Å². The van der Waals surface area contributed by atoms with Gasteiger partial charge in [0.25, 0.3) is 0 Å². The molecule has 0 atom stereocenters. The van der Waals surface area contributed by atoms with E-state index in [1.165, 1.54) is 0 Å². The number of hydrogen-bond donors (Lipinski definition) is 1. The van der Waals surface area contributed by atoms with Crippen molar-refractivity contribution in [1.82, 2.24) is 5.32 Å². The number of carbonyl (C=O) groups excluding carboxylic acids is 2. The maximum Gasteiger partial charge on any atom is 0.338 e. The van der Waals surface area contributed by atoms with E-state index in [0.29, 0.717) is 24.2 Å². The van der Waals surface area contributed by atoms with Gasteiger partial charge in [0, 0.05) is 18.8 Å². The number of nitrogens with one attached hydrogen (secondary N) is 1. The summed E-state index contributed by atoms with van der Waals surface area (Å²) in [4.78, 5) is 25.3. The van der Waals surface area contributed by atoms with E-state index in [4.69, 9.17) is 10.00 Å². The number of ether oxygens (including phenoxy) is 1. The third-order valence-corrected chi connectivity index (χ3v) is 3.72. The first-order valence-corrected chi connectivity index (χ1v) is 7.49. The van der Waals surface area contributed by atoms with Crippen molar-refractivity contribution in [3.63, 3.8) is 0 Å². The maximum absolute atomic E-state index is 12.1. The Hall–Kier alpha value is -3.33. The molecule has 6 nitrogen and oxygen atoms in total. The predicted octanol–water partition coefficient (Wildman–Crippen LogP) is 2.44. The second kappa shape index (κ2) is 6.84. The van der Waals surface area contributed by atoms with Crippen LogP contribution in [0.5, 0.6) is 0 Å². The lowest BCUT2D eigenvalue weighted by molar-refractivity contribution is 0.0472. The molecule has 1 aliphatic heterocycles. The summed E-state index contributed by atoms with van der Waals surface area (Å²) in [5.41, 5.74) is 2.54. The first kappa shape index (κ1) is 15.6. The second-order valence-electron chi connectivity index (χ2n) is 5.32. The minimum absolute atomic E-state index is 0.133. The number of amides is 2. The first-order valence-electron chi connectivity index (χ1n) is 7.49.